The second-order valence-electron chi connectivity index (χ2n) is 3.60. The number of hydrogen-bond donors (Lipinski definition) is 0. The molecule has 0 saturated carbocycles. The summed E-state index contributed by atoms with van der Waals surface area (Å²) in [5, 5.41) is 11.0. The van der Waals surface area contributed by atoms with Crippen LogP contribution >= 0.6 is 11.8 Å². The zero-order chi connectivity index (χ0) is 12.3. The number of nitro benzene ring substituents is 1. The van der Waals surface area contributed by atoms with Gasteiger partial charge in [-0.15, -0.1) is 0 Å². The standard InChI is InChI=1S/C13H11NO2S/c1-10-6-5-9-12(14(15)16)13(10)17-11-7-3-2-4-8-11/h2-9H,1H3. The van der Waals surface area contributed by atoms with Crippen molar-refractivity contribution in [3.05, 3.63) is 64.2 Å². The average molecular weight is 245 g/mol. The topological polar surface area (TPSA) is 43.1 Å². The molecule has 2 rings (SSSR count). The van der Waals surface area contributed by atoms with Crippen LogP contribution < -0.4 is 0 Å². The highest BCUT2D eigenvalue weighted by Gasteiger charge is 2.16. The average Bonchev–Trinajstić information content (AvgIpc) is 2.33. The minimum Gasteiger partial charge on any atom is -0.258 e. The lowest BCUT2D eigenvalue weighted by molar-refractivity contribution is -0.387. The van der Waals surface area contributed by atoms with Gasteiger partial charge in [0.15, 0.2) is 0 Å². The molecule has 86 valence electrons. The van der Waals surface area contributed by atoms with Gasteiger partial charge in [0.05, 0.1) is 9.82 Å². The second-order valence-corrected chi connectivity index (χ2v) is 4.68. The van der Waals surface area contributed by atoms with E-state index >= 15 is 0 Å². The van der Waals surface area contributed by atoms with Crippen LogP contribution in [0.1, 0.15) is 5.56 Å². The smallest absolute Gasteiger partial charge is 0.258 e. The number of nitrogens with zero attached hydrogens (tertiary/aromatic N) is 1. The maximum absolute atomic E-state index is 11.0. The van der Waals surface area contributed by atoms with Gasteiger partial charge in [0.1, 0.15) is 0 Å². The largest absolute Gasteiger partial charge is 0.283 e. The molecular formula is C13H11NO2S. The molecule has 0 bridgehead atoms. The number of benzene rings is 2. The van der Waals surface area contributed by atoms with Crippen LogP contribution in [0.25, 0.3) is 0 Å². The summed E-state index contributed by atoms with van der Waals surface area (Å²) in [6, 6.07) is 14.8. The lowest BCUT2D eigenvalue weighted by Crippen LogP contribution is -1.92. The van der Waals surface area contributed by atoms with Crippen LogP contribution in [-0.2, 0) is 0 Å². The molecule has 17 heavy (non-hydrogen) atoms. The van der Waals surface area contributed by atoms with Crippen LogP contribution in [0.15, 0.2) is 58.3 Å². The molecule has 0 saturated heterocycles. The Morgan fingerprint density at radius 2 is 1.76 bits per heavy atom. The van der Waals surface area contributed by atoms with Gasteiger partial charge >= 0.3 is 0 Å². The van der Waals surface area contributed by atoms with E-state index in [0.717, 1.165) is 10.5 Å². The quantitative estimate of drug-likeness (QED) is 0.605. The molecule has 0 radical (unpaired) electrons. The summed E-state index contributed by atoms with van der Waals surface area (Å²) < 4.78 is 0. The highest BCUT2D eigenvalue weighted by Crippen LogP contribution is 2.36. The van der Waals surface area contributed by atoms with Gasteiger partial charge in [-0.25, -0.2) is 0 Å². The Morgan fingerprint density at radius 3 is 2.41 bits per heavy atom. The maximum atomic E-state index is 11.0. The molecular weight excluding hydrogens is 234 g/mol. The van der Waals surface area contributed by atoms with E-state index in [0.29, 0.717) is 4.90 Å². The summed E-state index contributed by atoms with van der Waals surface area (Å²) in [6.07, 6.45) is 0. The first-order valence-electron chi connectivity index (χ1n) is 5.15. The van der Waals surface area contributed by atoms with Crippen LogP contribution in [0, 0.1) is 17.0 Å². The molecule has 0 amide bonds. The summed E-state index contributed by atoms with van der Waals surface area (Å²) >= 11 is 1.43. The fourth-order valence-electron chi connectivity index (χ4n) is 1.52. The molecule has 2 aromatic rings. The summed E-state index contributed by atoms with van der Waals surface area (Å²) in [6.45, 7) is 1.89. The summed E-state index contributed by atoms with van der Waals surface area (Å²) in [4.78, 5) is 12.3. The van der Waals surface area contributed by atoms with Crippen LogP contribution in [0.2, 0.25) is 0 Å². The minimum absolute atomic E-state index is 0.166. The molecule has 0 aliphatic heterocycles. The first kappa shape index (κ1) is 11.7. The van der Waals surface area contributed by atoms with Gasteiger partial charge in [-0.3, -0.25) is 10.1 Å². The van der Waals surface area contributed by atoms with Gasteiger partial charge in [0, 0.05) is 11.0 Å². The van der Waals surface area contributed by atoms with Crippen LogP contribution in [-0.4, -0.2) is 4.92 Å². The van der Waals surface area contributed by atoms with Crippen molar-refractivity contribution in [2.45, 2.75) is 16.7 Å². The predicted molar refractivity (Wildman–Crippen MR) is 68.4 cm³/mol. The van der Waals surface area contributed by atoms with E-state index in [2.05, 4.69) is 0 Å². The van der Waals surface area contributed by atoms with Crippen LogP contribution in [0.5, 0.6) is 0 Å². The predicted octanol–water partition coefficient (Wildman–Crippen LogP) is 4.05. The Labute approximate surface area is 104 Å². The molecule has 0 atom stereocenters. The third-order valence-electron chi connectivity index (χ3n) is 2.35. The molecule has 0 spiro atoms. The van der Waals surface area contributed by atoms with Crippen molar-refractivity contribution in [2.75, 3.05) is 0 Å². The Bertz CT molecular complexity index is 540. The minimum atomic E-state index is -0.335. The Balaban J connectivity index is 2.41. The first-order chi connectivity index (χ1) is 8.18. The van der Waals surface area contributed by atoms with Crippen molar-refractivity contribution in [1.29, 1.82) is 0 Å². The molecule has 0 aliphatic carbocycles. The zero-order valence-corrected chi connectivity index (χ0v) is 10.1. The maximum Gasteiger partial charge on any atom is 0.283 e. The Kier molecular flexibility index (Phi) is 3.44. The van der Waals surface area contributed by atoms with Crippen molar-refractivity contribution in [3.8, 4) is 0 Å². The number of rotatable bonds is 3. The molecule has 0 aliphatic rings. The molecule has 3 nitrogen and oxygen atoms in total. The lowest BCUT2D eigenvalue weighted by Gasteiger charge is -2.05. The molecule has 0 unspecified atom stereocenters. The highest BCUT2D eigenvalue weighted by molar-refractivity contribution is 7.99. The van der Waals surface area contributed by atoms with Gasteiger partial charge in [-0.1, -0.05) is 42.1 Å². The fraction of sp³-hybridized carbons (Fsp3) is 0.0769. The van der Waals surface area contributed by atoms with Crippen molar-refractivity contribution in [3.63, 3.8) is 0 Å². The van der Waals surface area contributed by atoms with Crippen molar-refractivity contribution < 1.29 is 4.92 Å². The van der Waals surface area contributed by atoms with E-state index in [1.165, 1.54) is 17.8 Å². The van der Waals surface area contributed by atoms with E-state index in [4.69, 9.17) is 0 Å². The second kappa shape index (κ2) is 5.01. The lowest BCUT2D eigenvalue weighted by atomic mass is 10.2. The van der Waals surface area contributed by atoms with Crippen molar-refractivity contribution in [2.24, 2.45) is 0 Å². The van der Waals surface area contributed by atoms with Crippen molar-refractivity contribution >= 4 is 17.4 Å². The van der Waals surface area contributed by atoms with Gasteiger partial charge in [-0.05, 0) is 24.6 Å². The summed E-state index contributed by atoms with van der Waals surface area (Å²) in [5.74, 6) is 0. The van der Waals surface area contributed by atoms with E-state index in [-0.39, 0.29) is 10.6 Å². The monoisotopic (exact) mass is 245 g/mol. The third kappa shape index (κ3) is 2.65. The SMILES string of the molecule is Cc1cccc([N+](=O)[O-])c1Sc1ccccc1. The molecule has 0 fully saturated rings. The molecule has 0 heterocycles. The molecule has 0 N–H and O–H groups in total. The van der Waals surface area contributed by atoms with Crippen LogP contribution in [0.4, 0.5) is 5.69 Å². The first-order valence-corrected chi connectivity index (χ1v) is 5.97. The van der Waals surface area contributed by atoms with E-state index < -0.39 is 0 Å². The van der Waals surface area contributed by atoms with E-state index in [1.807, 2.05) is 43.3 Å². The third-order valence-corrected chi connectivity index (χ3v) is 3.59. The Hall–Kier alpha value is -1.81. The van der Waals surface area contributed by atoms with Gasteiger partial charge < -0.3 is 0 Å². The molecule has 2 aromatic carbocycles. The fourth-order valence-corrected chi connectivity index (χ4v) is 2.53. The van der Waals surface area contributed by atoms with Gasteiger partial charge in [0.25, 0.3) is 5.69 Å². The van der Waals surface area contributed by atoms with Gasteiger partial charge in [-0.2, -0.15) is 0 Å². The Morgan fingerprint density at radius 1 is 1.06 bits per heavy atom. The number of aryl methyl sites for hydroxylation is 1. The molecule has 0 aromatic heterocycles. The van der Waals surface area contributed by atoms with E-state index in [9.17, 15) is 10.1 Å². The van der Waals surface area contributed by atoms with E-state index in [1.54, 1.807) is 6.07 Å². The van der Waals surface area contributed by atoms with Crippen LogP contribution in [0.3, 0.4) is 0 Å². The highest BCUT2D eigenvalue weighted by atomic mass is 32.2. The number of hydrogen-bond acceptors (Lipinski definition) is 3. The number of nitro groups is 1. The van der Waals surface area contributed by atoms with Crippen molar-refractivity contribution in [1.82, 2.24) is 0 Å². The molecule has 4 heteroatoms. The normalized spacial score (nSPS) is 10.2. The van der Waals surface area contributed by atoms with Gasteiger partial charge in [0.2, 0.25) is 0 Å². The summed E-state index contributed by atoms with van der Waals surface area (Å²) in [7, 11) is 0. The summed E-state index contributed by atoms with van der Waals surface area (Å²) in [5.41, 5.74) is 1.09. The zero-order valence-electron chi connectivity index (χ0n) is 9.29.